The lowest BCUT2D eigenvalue weighted by Gasteiger charge is -2.12. The highest BCUT2D eigenvalue weighted by atomic mass is 19.4. The number of hydrogen-bond acceptors (Lipinski definition) is 4. The van der Waals surface area contributed by atoms with E-state index in [9.17, 15) is 18.0 Å². The zero-order chi connectivity index (χ0) is 14.9. The van der Waals surface area contributed by atoms with Gasteiger partial charge in [0.15, 0.2) is 0 Å². The van der Waals surface area contributed by atoms with Crippen LogP contribution in [0.5, 0.6) is 0 Å². The van der Waals surface area contributed by atoms with Crippen LogP contribution in [0.2, 0.25) is 0 Å². The average Bonchev–Trinajstić information content (AvgIpc) is 3.16. The monoisotopic (exact) mass is 289 g/mol. The van der Waals surface area contributed by atoms with Gasteiger partial charge >= 0.3 is 6.18 Å². The SMILES string of the molecule is COC[C@H]1CC1c1cc(C(F)(F)F)cnc1C(=O)NN. The molecule has 1 aromatic rings. The summed E-state index contributed by atoms with van der Waals surface area (Å²) >= 11 is 0. The molecule has 0 aliphatic heterocycles. The first-order valence-corrected chi connectivity index (χ1v) is 5.95. The molecule has 20 heavy (non-hydrogen) atoms. The summed E-state index contributed by atoms with van der Waals surface area (Å²) in [6.07, 6.45) is -3.19. The Morgan fingerprint density at radius 3 is 2.85 bits per heavy atom. The number of rotatable bonds is 4. The van der Waals surface area contributed by atoms with Gasteiger partial charge in [-0.15, -0.1) is 0 Å². The molecule has 5 nitrogen and oxygen atoms in total. The fraction of sp³-hybridized carbons (Fsp3) is 0.500. The normalized spacial score (nSPS) is 21.6. The average molecular weight is 289 g/mol. The van der Waals surface area contributed by atoms with Gasteiger partial charge in [0.2, 0.25) is 0 Å². The van der Waals surface area contributed by atoms with E-state index in [0.29, 0.717) is 19.2 Å². The number of halogens is 3. The first kappa shape index (κ1) is 14.7. The molecule has 1 heterocycles. The van der Waals surface area contributed by atoms with E-state index in [1.54, 1.807) is 0 Å². The van der Waals surface area contributed by atoms with Crippen molar-refractivity contribution in [1.82, 2.24) is 10.4 Å². The van der Waals surface area contributed by atoms with Gasteiger partial charge in [-0.25, -0.2) is 5.84 Å². The molecule has 0 radical (unpaired) electrons. The van der Waals surface area contributed by atoms with E-state index in [1.807, 2.05) is 5.43 Å². The Labute approximate surface area is 113 Å². The van der Waals surface area contributed by atoms with Crippen LogP contribution in [0, 0.1) is 5.92 Å². The van der Waals surface area contributed by atoms with Gasteiger partial charge in [0, 0.05) is 19.9 Å². The van der Waals surface area contributed by atoms with Gasteiger partial charge < -0.3 is 4.74 Å². The van der Waals surface area contributed by atoms with Crippen LogP contribution >= 0.6 is 0 Å². The van der Waals surface area contributed by atoms with Crippen molar-refractivity contribution >= 4 is 5.91 Å². The van der Waals surface area contributed by atoms with E-state index >= 15 is 0 Å². The fourth-order valence-corrected chi connectivity index (χ4v) is 2.20. The third kappa shape index (κ3) is 2.91. The van der Waals surface area contributed by atoms with Crippen LogP contribution in [0.25, 0.3) is 0 Å². The molecule has 1 aromatic heterocycles. The number of hydrazine groups is 1. The summed E-state index contributed by atoms with van der Waals surface area (Å²) in [5, 5.41) is 0. The molecule has 110 valence electrons. The van der Waals surface area contributed by atoms with Gasteiger partial charge in [-0.1, -0.05) is 0 Å². The zero-order valence-corrected chi connectivity index (χ0v) is 10.7. The van der Waals surface area contributed by atoms with Crippen molar-refractivity contribution in [2.24, 2.45) is 11.8 Å². The molecule has 0 aromatic carbocycles. The molecule has 3 N–H and O–H groups in total. The molecular weight excluding hydrogens is 275 g/mol. The highest BCUT2D eigenvalue weighted by Gasteiger charge is 2.42. The third-order valence-electron chi connectivity index (χ3n) is 3.29. The number of nitrogens with two attached hydrogens (primary N) is 1. The van der Waals surface area contributed by atoms with Crippen LogP contribution in [0.3, 0.4) is 0 Å². The summed E-state index contributed by atoms with van der Waals surface area (Å²) in [7, 11) is 1.52. The summed E-state index contributed by atoms with van der Waals surface area (Å²) in [6.45, 7) is 0.435. The van der Waals surface area contributed by atoms with Crippen LogP contribution in [-0.4, -0.2) is 24.6 Å². The lowest BCUT2D eigenvalue weighted by atomic mass is 10.0. The molecule has 1 fully saturated rings. The van der Waals surface area contributed by atoms with Crippen molar-refractivity contribution in [3.8, 4) is 0 Å². The summed E-state index contributed by atoms with van der Waals surface area (Å²) < 4.78 is 43.1. The molecule has 2 atom stereocenters. The van der Waals surface area contributed by atoms with Crippen molar-refractivity contribution in [1.29, 1.82) is 0 Å². The minimum atomic E-state index is -4.49. The molecule has 1 unspecified atom stereocenters. The largest absolute Gasteiger partial charge is 0.417 e. The maximum atomic E-state index is 12.7. The molecule has 0 bridgehead atoms. The Morgan fingerprint density at radius 2 is 2.30 bits per heavy atom. The van der Waals surface area contributed by atoms with E-state index < -0.39 is 17.6 Å². The predicted molar refractivity (Wildman–Crippen MR) is 63.6 cm³/mol. The molecule has 1 aliphatic rings. The second-order valence-electron chi connectivity index (χ2n) is 4.69. The highest BCUT2D eigenvalue weighted by Crippen LogP contribution is 2.49. The number of aromatic nitrogens is 1. The lowest BCUT2D eigenvalue weighted by molar-refractivity contribution is -0.137. The summed E-state index contributed by atoms with van der Waals surface area (Å²) in [4.78, 5) is 15.2. The summed E-state index contributed by atoms with van der Waals surface area (Å²) in [6, 6.07) is 0.970. The number of amides is 1. The van der Waals surface area contributed by atoms with Gasteiger partial charge in [0.05, 0.1) is 5.56 Å². The quantitative estimate of drug-likeness (QED) is 0.500. The van der Waals surface area contributed by atoms with E-state index in [1.165, 1.54) is 7.11 Å². The number of methoxy groups -OCH3 is 1. The zero-order valence-electron chi connectivity index (χ0n) is 10.7. The van der Waals surface area contributed by atoms with Crippen LogP contribution < -0.4 is 11.3 Å². The van der Waals surface area contributed by atoms with Crippen molar-refractivity contribution in [3.05, 3.63) is 29.1 Å². The minimum Gasteiger partial charge on any atom is -0.384 e. The molecule has 1 saturated carbocycles. The Morgan fingerprint density at radius 1 is 1.60 bits per heavy atom. The molecule has 1 aliphatic carbocycles. The van der Waals surface area contributed by atoms with Crippen molar-refractivity contribution in [2.75, 3.05) is 13.7 Å². The maximum absolute atomic E-state index is 12.7. The topological polar surface area (TPSA) is 77.2 Å². The van der Waals surface area contributed by atoms with Gasteiger partial charge in [0.25, 0.3) is 5.91 Å². The molecule has 0 spiro atoms. The predicted octanol–water partition coefficient (Wildman–Crippen LogP) is 1.45. The van der Waals surface area contributed by atoms with Crippen molar-refractivity contribution < 1.29 is 22.7 Å². The Balaban J connectivity index is 2.37. The molecule has 8 heteroatoms. The number of carbonyl (C=O) groups excluding carboxylic acids is 1. The molecular formula is C12H14F3N3O2. The van der Waals surface area contributed by atoms with Crippen LogP contribution in [0.15, 0.2) is 12.3 Å². The standard InChI is InChI=1S/C12H14F3N3O2/c1-20-5-6-2-8(6)9-3-7(12(13,14)15)4-17-10(9)11(19)18-16/h3-4,6,8H,2,5,16H2,1H3,(H,18,19)/t6-,8?/m1/s1. The number of nitrogens with zero attached hydrogens (tertiary/aromatic N) is 1. The molecule has 2 rings (SSSR count). The van der Waals surface area contributed by atoms with E-state index in [4.69, 9.17) is 10.6 Å². The Hall–Kier alpha value is -1.67. The number of nitrogen functional groups attached to an aromatic ring is 1. The number of ether oxygens (including phenoxy) is 1. The van der Waals surface area contributed by atoms with Crippen LogP contribution in [-0.2, 0) is 10.9 Å². The van der Waals surface area contributed by atoms with Gasteiger partial charge in [0.1, 0.15) is 5.69 Å². The minimum absolute atomic E-state index is 0.0656. The Kier molecular flexibility index (Phi) is 3.96. The number of pyridine rings is 1. The van der Waals surface area contributed by atoms with E-state index in [-0.39, 0.29) is 23.1 Å². The van der Waals surface area contributed by atoms with Crippen LogP contribution in [0.1, 0.15) is 34.0 Å². The lowest BCUT2D eigenvalue weighted by Crippen LogP contribution is -2.31. The van der Waals surface area contributed by atoms with E-state index in [0.717, 1.165) is 6.07 Å². The number of alkyl halides is 3. The molecule has 0 saturated heterocycles. The second-order valence-corrected chi connectivity index (χ2v) is 4.69. The van der Waals surface area contributed by atoms with Crippen molar-refractivity contribution in [2.45, 2.75) is 18.5 Å². The smallest absolute Gasteiger partial charge is 0.384 e. The summed E-state index contributed by atoms with van der Waals surface area (Å²) in [5.74, 6) is 4.28. The van der Waals surface area contributed by atoms with Gasteiger partial charge in [-0.3, -0.25) is 15.2 Å². The first-order chi connectivity index (χ1) is 9.38. The van der Waals surface area contributed by atoms with E-state index in [2.05, 4.69) is 4.98 Å². The maximum Gasteiger partial charge on any atom is 0.417 e. The number of hydrogen-bond donors (Lipinski definition) is 2. The Bertz CT molecular complexity index is 519. The fourth-order valence-electron chi connectivity index (χ4n) is 2.20. The third-order valence-corrected chi connectivity index (χ3v) is 3.29. The van der Waals surface area contributed by atoms with Gasteiger partial charge in [-0.05, 0) is 29.9 Å². The first-order valence-electron chi connectivity index (χ1n) is 5.95. The highest BCUT2D eigenvalue weighted by molar-refractivity contribution is 5.93. The van der Waals surface area contributed by atoms with Gasteiger partial charge in [-0.2, -0.15) is 13.2 Å². The van der Waals surface area contributed by atoms with Crippen molar-refractivity contribution in [3.63, 3.8) is 0 Å². The van der Waals surface area contributed by atoms with Crippen LogP contribution in [0.4, 0.5) is 13.2 Å². The number of nitrogens with one attached hydrogen (secondary N) is 1. The summed E-state index contributed by atoms with van der Waals surface area (Å²) in [5.41, 5.74) is 1.23. The molecule has 1 amide bonds. The second kappa shape index (κ2) is 5.37. The number of carbonyl (C=O) groups is 1.